The van der Waals surface area contributed by atoms with Gasteiger partial charge >= 0.3 is 0 Å². The summed E-state index contributed by atoms with van der Waals surface area (Å²) < 4.78 is 23.1. The van der Waals surface area contributed by atoms with E-state index in [0.717, 1.165) is 24.0 Å². The molecule has 0 heterocycles. The Morgan fingerprint density at radius 1 is 1.14 bits per heavy atom. The van der Waals surface area contributed by atoms with Crippen molar-refractivity contribution in [1.82, 2.24) is 0 Å². The number of sulfone groups is 1. The Morgan fingerprint density at radius 3 is 2.14 bits per heavy atom. The van der Waals surface area contributed by atoms with Crippen LogP contribution in [0.15, 0.2) is 35.2 Å². The molecule has 0 N–H and O–H groups in total. The van der Waals surface area contributed by atoms with E-state index >= 15 is 0 Å². The van der Waals surface area contributed by atoms with Crippen LogP contribution in [0.1, 0.15) is 45.1 Å². The summed E-state index contributed by atoms with van der Waals surface area (Å²) in [6, 6.07) is 6.66. The summed E-state index contributed by atoms with van der Waals surface area (Å²) in [6.07, 6.45) is 8.00. The molecule has 1 aliphatic rings. The van der Waals surface area contributed by atoms with E-state index in [2.05, 4.69) is 6.08 Å². The summed E-state index contributed by atoms with van der Waals surface area (Å²) in [7, 11) is -3.21. The normalized spacial score (nSPS) is 17.2. The first-order valence-corrected chi connectivity index (χ1v) is 9.74. The van der Waals surface area contributed by atoms with Gasteiger partial charge in [-0.15, -0.1) is 0 Å². The van der Waals surface area contributed by atoms with Crippen molar-refractivity contribution in [3.05, 3.63) is 35.9 Å². The van der Waals surface area contributed by atoms with Crippen LogP contribution in [0.25, 0.3) is 5.57 Å². The highest BCUT2D eigenvalue weighted by Crippen LogP contribution is 2.30. The van der Waals surface area contributed by atoms with Crippen molar-refractivity contribution < 1.29 is 13.2 Å². The highest BCUT2D eigenvalue weighted by Gasteiger charge is 2.20. The molecule has 0 saturated heterocycles. The number of rotatable bonds is 5. The minimum atomic E-state index is -3.21. The molecule has 1 aromatic carbocycles. The molecule has 0 spiro atoms. The van der Waals surface area contributed by atoms with Crippen molar-refractivity contribution in [2.24, 2.45) is 11.8 Å². The van der Waals surface area contributed by atoms with Crippen molar-refractivity contribution in [2.45, 2.75) is 44.4 Å². The molecule has 1 fully saturated rings. The Kier molecular flexibility index (Phi) is 5.22. The zero-order valence-electron chi connectivity index (χ0n) is 13.5. The average Bonchev–Trinajstić information content (AvgIpc) is 2.96. The molecule has 0 unspecified atom stereocenters. The van der Waals surface area contributed by atoms with E-state index in [9.17, 15) is 13.2 Å². The van der Waals surface area contributed by atoms with Crippen LogP contribution >= 0.6 is 0 Å². The molecule has 3 nitrogen and oxygen atoms in total. The van der Waals surface area contributed by atoms with E-state index in [1.807, 2.05) is 13.8 Å². The Hall–Kier alpha value is -1.42. The van der Waals surface area contributed by atoms with Crippen molar-refractivity contribution in [1.29, 1.82) is 0 Å². The molecular formula is C18H24O3S. The third-order valence-corrected chi connectivity index (χ3v) is 5.31. The summed E-state index contributed by atoms with van der Waals surface area (Å²) in [4.78, 5) is 12.8. The molecular weight excluding hydrogens is 296 g/mol. The van der Waals surface area contributed by atoms with Gasteiger partial charge in [0.1, 0.15) is 0 Å². The third kappa shape index (κ3) is 4.07. The van der Waals surface area contributed by atoms with Crippen molar-refractivity contribution in [3.8, 4) is 0 Å². The number of allylic oxidation sites excluding steroid dienone is 2. The van der Waals surface area contributed by atoms with Gasteiger partial charge in [-0.1, -0.05) is 44.9 Å². The van der Waals surface area contributed by atoms with Crippen molar-refractivity contribution in [3.63, 3.8) is 0 Å². The Balaban J connectivity index is 2.38. The number of carbonyl (C=O) groups excluding carboxylic acids is 1. The van der Waals surface area contributed by atoms with Gasteiger partial charge < -0.3 is 0 Å². The van der Waals surface area contributed by atoms with Gasteiger partial charge in [0.2, 0.25) is 0 Å². The lowest BCUT2D eigenvalue weighted by atomic mass is 9.91. The summed E-state index contributed by atoms with van der Waals surface area (Å²) in [6.45, 7) is 3.80. The van der Waals surface area contributed by atoms with Crippen LogP contribution in [0.3, 0.4) is 0 Å². The highest BCUT2D eigenvalue weighted by atomic mass is 32.2. The van der Waals surface area contributed by atoms with E-state index in [1.165, 1.54) is 19.1 Å². The summed E-state index contributed by atoms with van der Waals surface area (Å²) in [5, 5.41) is 0. The molecule has 1 aliphatic carbocycles. The predicted molar refractivity (Wildman–Crippen MR) is 89.3 cm³/mol. The molecule has 1 aromatic rings. The second-order valence-corrected chi connectivity index (χ2v) is 8.46. The fourth-order valence-corrected chi connectivity index (χ4v) is 3.50. The smallest absolute Gasteiger partial charge is 0.175 e. The lowest BCUT2D eigenvalue weighted by molar-refractivity contribution is -0.116. The number of hydrogen-bond acceptors (Lipinski definition) is 3. The van der Waals surface area contributed by atoms with Gasteiger partial charge in [-0.2, -0.15) is 0 Å². The number of hydrogen-bond donors (Lipinski definition) is 0. The standard InChI is InChI=1S/C18H24O3S/c1-13(2)18(19)17(12-14-6-4-5-7-14)15-8-10-16(11-9-15)22(3,20)21/h8-14H,4-7H2,1-3H3/b17-12+. The van der Waals surface area contributed by atoms with Gasteiger partial charge in [0.05, 0.1) is 4.90 Å². The average molecular weight is 320 g/mol. The highest BCUT2D eigenvalue weighted by molar-refractivity contribution is 7.90. The molecule has 0 atom stereocenters. The lowest BCUT2D eigenvalue weighted by Gasteiger charge is -2.13. The van der Waals surface area contributed by atoms with E-state index in [0.29, 0.717) is 5.92 Å². The molecule has 0 bridgehead atoms. The minimum Gasteiger partial charge on any atom is -0.294 e. The fourth-order valence-electron chi connectivity index (χ4n) is 2.87. The Morgan fingerprint density at radius 2 is 1.68 bits per heavy atom. The summed E-state index contributed by atoms with van der Waals surface area (Å²) in [5.74, 6) is 0.522. The largest absolute Gasteiger partial charge is 0.294 e. The number of Topliss-reactive ketones (excluding diaryl/α,β-unsaturated/α-hetero) is 1. The number of carbonyl (C=O) groups is 1. The van der Waals surface area contributed by atoms with Crippen molar-refractivity contribution >= 4 is 21.2 Å². The molecule has 0 radical (unpaired) electrons. The molecule has 120 valence electrons. The van der Waals surface area contributed by atoms with E-state index in [4.69, 9.17) is 0 Å². The van der Waals surface area contributed by atoms with Gasteiger partial charge in [0.15, 0.2) is 15.6 Å². The number of benzene rings is 1. The zero-order valence-corrected chi connectivity index (χ0v) is 14.3. The molecule has 0 aromatic heterocycles. The van der Waals surface area contributed by atoms with E-state index in [-0.39, 0.29) is 16.6 Å². The molecule has 0 amide bonds. The summed E-state index contributed by atoms with van der Waals surface area (Å²) in [5.41, 5.74) is 1.56. The topological polar surface area (TPSA) is 51.2 Å². The number of ketones is 1. The molecule has 22 heavy (non-hydrogen) atoms. The maximum absolute atomic E-state index is 12.5. The Bertz CT molecular complexity index is 661. The first kappa shape index (κ1) is 16.9. The first-order valence-electron chi connectivity index (χ1n) is 7.85. The molecule has 2 rings (SSSR count). The van der Waals surface area contributed by atoms with Gasteiger partial charge in [-0.05, 0) is 36.5 Å². The van der Waals surface area contributed by atoms with Crippen LogP contribution in [0.4, 0.5) is 0 Å². The maximum Gasteiger partial charge on any atom is 0.175 e. The third-order valence-electron chi connectivity index (χ3n) is 4.19. The monoisotopic (exact) mass is 320 g/mol. The van der Waals surface area contributed by atoms with Crippen molar-refractivity contribution in [2.75, 3.05) is 6.26 Å². The Labute approximate surface area is 133 Å². The first-order chi connectivity index (χ1) is 10.3. The second-order valence-electron chi connectivity index (χ2n) is 6.44. The predicted octanol–water partition coefficient (Wildman–Crippen LogP) is 3.89. The maximum atomic E-state index is 12.5. The molecule has 4 heteroatoms. The SMILES string of the molecule is CC(C)C(=O)/C(=C/C1CCCC1)c1ccc(S(C)(=O)=O)cc1. The fraction of sp³-hybridized carbons (Fsp3) is 0.500. The van der Waals surface area contributed by atoms with Crippen LogP contribution < -0.4 is 0 Å². The van der Waals surface area contributed by atoms with Crippen LogP contribution in [0.5, 0.6) is 0 Å². The van der Waals surface area contributed by atoms with Gasteiger partial charge in [-0.25, -0.2) is 8.42 Å². The minimum absolute atomic E-state index is 0.0674. The quantitative estimate of drug-likeness (QED) is 0.773. The van der Waals surface area contributed by atoms with Crippen LogP contribution in [0.2, 0.25) is 0 Å². The second kappa shape index (κ2) is 6.78. The molecule has 0 aliphatic heterocycles. The van der Waals surface area contributed by atoms with Crippen LogP contribution in [-0.2, 0) is 14.6 Å². The van der Waals surface area contributed by atoms with Gasteiger partial charge in [-0.3, -0.25) is 4.79 Å². The van der Waals surface area contributed by atoms with Gasteiger partial charge in [0.25, 0.3) is 0 Å². The van der Waals surface area contributed by atoms with Crippen LogP contribution in [0, 0.1) is 11.8 Å². The van der Waals surface area contributed by atoms with E-state index < -0.39 is 9.84 Å². The van der Waals surface area contributed by atoms with E-state index in [1.54, 1.807) is 24.3 Å². The lowest BCUT2D eigenvalue weighted by Crippen LogP contribution is -2.11. The summed E-state index contributed by atoms with van der Waals surface area (Å²) >= 11 is 0. The van der Waals surface area contributed by atoms with Gasteiger partial charge in [0, 0.05) is 17.7 Å². The zero-order chi connectivity index (χ0) is 16.3. The van der Waals surface area contributed by atoms with Crippen LogP contribution in [-0.4, -0.2) is 20.5 Å². The molecule has 1 saturated carbocycles.